The topological polar surface area (TPSA) is 76.7 Å². The van der Waals surface area contributed by atoms with Crippen molar-refractivity contribution in [2.24, 2.45) is 0 Å². The number of rotatable bonds is 9. The summed E-state index contributed by atoms with van der Waals surface area (Å²) in [4.78, 5) is 24.2. The number of hydrogen-bond donors (Lipinski definition) is 2. The van der Waals surface area contributed by atoms with Gasteiger partial charge in [0.2, 0.25) is 11.8 Å². The second-order valence-electron chi connectivity index (χ2n) is 6.30. The fourth-order valence-electron chi connectivity index (χ4n) is 2.66. The number of amides is 2. The average Bonchev–Trinajstić information content (AvgIpc) is 2.68. The minimum Gasteiger partial charge on any atom is -0.497 e. The van der Waals surface area contributed by atoms with Gasteiger partial charge in [0, 0.05) is 11.3 Å². The van der Waals surface area contributed by atoms with E-state index in [2.05, 4.69) is 10.6 Å². The molecule has 0 aromatic heterocycles. The summed E-state index contributed by atoms with van der Waals surface area (Å²) in [5.74, 6) is 1.58. The summed E-state index contributed by atoms with van der Waals surface area (Å²) in [7, 11) is 3.20. The van der Waals surface area contributed by atoms with E-state index in [0.29, 0.717) is 5.69 Å². The molecule has 7 heteroatoms. The minimum atomic E-state index is -0.184. The normalized spacial score (nSPS) is 11.4. The van der Waals surface area contributed by atoms with Gasteiger partial charge in [0.15, 0.2) is 0 Å². The van der Waals surface area contributed by atoms with E-state index in [0.717, 1.165) is 22.6 Å². The maximum Gasteiger partial charge on any atom is 0.234 e. The molecule has 0 unspecified atom stereocenters. The number of benzene rings is 2. The molecule has 150 valence electrons. The van der Waals surface area contributed by atoms with E-state index in [-0.39, 0.29) is 29.4 Å². The first kappa shape index (κ1) is 21.6. The third kappa shape index (κ3) is 6.49. The summed E-state index contributed by atoms with van der Waals surface area (Å²) in [6, 6.07) is 12.8. The molecule has 2 rings (SSSR count). The Kier molecular flexibility index (Phi) is 8.19. The van der Waals surface area contributed by atoms with Crippen LogP contribution in [-0.4, -0.2) is 37.5 Å². The van der Waals surface area contributed by atoms with Crippen LogP contribution in [0.1, 0.15) is 24.1 Å². The lowest BCUT2D eigenvalue weighted by atomic mass is 10.0. The van der Waals surface area contributed by atoms with Crippen molar-refractivity contribution in [3.05, 3.63) is 53.6 Å². The van der Waals surface area contributed by atoms with E-state index in [1.165, 1.54) is 11.8 Å². The second-order valence-corrected chi connectivity index (χ2v) is 7.29. The van der Waals surface area contributed by atoms with Crippen LogP contribution < -0.4 is 20.1 Å². The largest absolute Gasteiger partial charge is 0.497 e. The number of anilines is 1. The van der Waals surface area contributed by atoms with Crippen LogP contribution in [0.25, 0.3) is 0 Å². The molecule has 1 atom stereocenters. The summed E-state index contributed by atoms with van der Waals surface area (Å²) >= 11 is 1.27. The van der Waals surface area contributed by atoms with Crippen LogP contribution in [0.2, 0.25) is 0 Å². The summed E-state index contributed by atoms with van der Waals surface area (Å²) in [5.41, 5.74) is 2.72. The predicted molar refractivity (Wildman–Crippen MR) is 113 cm³/mol. The summed E-state index contributed by atoms with van der Waals surface area (Å²) in [5, 5.41) is 5.74. The molecule has 2 aromatic rings. The Morgan fingerprint density at radius 2 is 1.68 bits per heavy atom. The third-order valence-electron chi connectivity index (χ3n) is 4.07. The molecule has 0 spiro atoms. The van der Waals surface area contributed by atoms with Gasteiger partial charge in [-0.25, -0.2) is 0 Å². The molecule has 2 aromatic carbocycles. The highest BCUT2D eigenvalue weighted by Crippen LogP contribution is 2.26. The Morgan fingerprint density at radius 1 is 1.00 bits per heavy atom. The van der Waals surface area contributed by atoms with E-state index in [1.807, 2.05) is 32.0 Å². The van der Waals surface area contributed by atoms with E-state index < -0.39 is 0 Å². The number of aryl methyl sites for hydroxylation is 1. The lowest BCUT2D eigenvalue weighted by Crippen LogP contribution is -2.29. The lowest BCUT2D eigenvalue weighted by Gasteiger charge is -2.18. The van der Waals surface area contributed by atoms with Gasteiger partial charge in [-0.3, -0.25) is 9.59 Å². The zero-order chi connectivity index (χ0) is 20.5. The van der Waals surface area contributed by atoms with Crippen LogP contribution in [0.5, 0.6) is 11.5 Å². The number of ether oxygens (including phenoxy) is 2. The van der Waals surface area contributed by atoms with Crippen molar-refractivity contribution in [3.63, 3.8) is 0 Å². The molecule has 0 bridgehead atoms. The van der Waals surface area contributed by atoms with Crippen molar-refractivity contribution in [1.29, 1.82) is 0 Å². The number of hydrogen-bond acceptors (Lipinski definition) is 5. The van der Waals surface area contributed by atoms with E-state index in [4.69, 9.17) is 9.47 Å². The van der Waals surface area contributed by atoms with Gasteiger partial charge in [0.05, 0.1) is 31.8 Å². The number of carbonyl (C=O) groups excluding carboxylic acids is 2. The molecule has 0 radical (unpaired) electrons. The summed E-state index contributed by atoms with van der Waals surface area (Å²) in [6.45, 7) is 3.91. The summed E-state index contributed by atoms with van der Waals surface area (Å²) in [6.07, 6.45) is 0. The third-order valence-corrected chi connectivity index (χ3v) is 5.00. The molecule has 6 nitrogen and oxygen atoms in total. The lowest BCUT2D eigenvalue weighted by molar-refractivity contribution is -0.119. The van der Waals surface area contributed by atoms with Gasteiger partial charge in [-0.2, -0.15) is 0 Å². The molecule has 2 amide bonds. The first-order valence-electron chi connectivity index (χ1n) is 8.88. The average molecular weight is 403 g/mol. The molecular formula is C21H26N2O4S. The predicted octanol–water partition coefficient (Wildman–Crippen LogP) is 3.56. The molecular weight excluding hydrogens is 376 g/mol. The zero-order valence-electron chi connectivity index (χ0n) is 16.6. The molecule has 0 saturated heterocycles. The molecule has 0 aliphatic carbocycles. The van der Waals surface area contributed by atoms with E-state index in [9.17, 15) is 9.59 Å². The van der Waals surface area contributed by atoms with Crippen LogP contribution in [0.4, 0.5) is 5.69 Å². The Hall–Kier alpha value is -2.67. The Labute approximate surface area is 170 Å². The number of methoxy groups -OCH3 is 2. The van der Waals surface area contributed by atoms with Crippen molar-refractivity contribution < 1.29 is 19.1 Å². The van der Waals surface area contributed by atoms with Crippen LogP contribution in [0, 0.1) is 6.92 Å². The molecule has 2 N–H and O–H groups in total. The standard InChI is InChI=1S/C21H26N2O4S/c1-14-5-10-19(27-4)18(11-14)15(2)22-20(24)12-28-13-21(25)23-16-6-8-17(26-3)9-7-16/h5-11,15H,12-13H2,1-4H3,(H,22,24)(H,23,25)/t15-/m1/s1. The Morgan fingerprint density at radius 3 is 2.32 bits per heavy atom. The second kappa shape index (κ2) is 10.6. The molecule has 0 saturated carbocycles. The quantitative estimate of drug-likeness (QED) is 0.671. The van der Waals surface area contributed by atoms with Gasteiger partial charge < -0.3 is 20.1 Å². The fourth-order valence-corrected chi connectivity index (χ4v) is 3.29. The molecule has 0 aliphatic rings. The fraction of sp³-hybridized carbons (Fsp3) is 0.333. The van der Waals surface area contributed by atoms with Gasteiger partial charge in [0.1, 0.15) is 11.5 Å². The minimum absolute atomic E-state index is 0.127. The van der Waals surface area contributed by atoms with Crippen molar-refractivity contribution in [1.82, 2.24) is 5.32 Å². The van der Waals surface area contributed by atoms with Gasteiger partial charge in [-0.05, 0) is 44.2 Å². The van der Waals surface area contributed by atoms with Crippen LogP contribution in [0.3, 0.4) is 0 Å². The van der Waals surface area contributed by atoms with E-state index >= 15 is 0 Å². The smallest absolute Gasteiger partial charge is 0.234 e. The Balaban J connectivity index is 1.77. The Bertz CT molecular complexity index is 809. The summed E-state index contributed by atoms with van der Waals surface area (Å²) < 4.78 is 10.5. The molecule has 0 aliphatic heterocycles. The van der Waals surface area contributed by atoms with Crippen molar-refractivity contribution in [2.45, 2.75) is 19.9 Å². The molecule has 28 heavy (non-hydrogen) atoms. The van der Waals surface area contributed by atoms with Gasteiger partial charge in [-0.1, -0.05) is 17.7 Å². The van der Waals surface area contributed by atoms with Crippen molar-refractivity contribution in [3.8, 4) is 11.5 Å². The zero-order valence-corrected chi connectivity index (χ0v) is 17.4. The van der Waals surface area contributed by atoms with E-state index in [1.54, 1.807) is 38.5 Å². The highest BCUT2D eigenvalue weighted by atomic mass is 32.2. The van der Waals surface area contributed by atoms with Crippen LogP contribution >= 0.6 is 11.8 Å². The van der Waals surface area contributed by atoms with Gasteiger partial charge >= 0.3 is 0 Å². The highest BCUT2D eigenvalue weighted by molar-refractivity contribution is 8.00. The first-order chi connectivity index (χ1) is 13.4. The highest BCUT2D eigenvalue weighted by Gasteiger charge is 2.15. The first-order valence-corrected chi connectivity index (χ1v) is 10.0. The SMILES string of the molecule is COc1ccc(NC(=O)CSCC(=O)N[C@H](C)c2cc(C)ccc2OC)cc1. The number of thioether (sulfide) groups is 1. The number of nitrogens with one attached hydrogen (secondary N) is 2. The molecule has 0 heterocycles. The maximum atomic E-state index is 12.2. The number of carbonyl (C=O) groups is 2. The van der Waals surface area contributed by atoms with Gasteiger partial charge in [0.25, 0.3) is 0 Å². The van der Waals surface area contributed by atoms with Crippen molar-refractivity contribution >= 4 is 29.3 Å². The molecule has 0 fully saturated rings. The van der Waals surface area contributed by atoms with Crippen LogP contribution in [-0.2, 0) is 9.59 Å². The van der Waals surface area contributed by atoms with Gasteiger partial charge in [-0.15, -0.1) is 11.8 Å². The maximum absolute atomic E-state index is 12.2. The monoisotopic (exact) mass is 402 g/mol. The van der Waals surface area contributed by atoms with Crippen LogP contribution in [0.15, 0.2) is 42.5 Å². The van der Waals surface area contributed by atoms with Crippen molar-refractivity contribution in [2.75, 3.05) is 31.0 Å².